The summed E-state index contributed by atoms with van der Waals surface area (Å²) in [4.78, 5) is 0. The van der Waals surface area contributed by atoms with E-state index in [2.05, 4.69) is 11.2 Å². The Bertz CT molecular complexity index is 349. The van der Waals surface area contributed by atoms with Gasteiger partial charge in [0.1, 0.15) is 0 Å². The minimum absolute atomic E-state index is 1.07. The molecule has 0 spiro atoms. The van der Waals surface area contributed by atoms with E-state index in [-0.39, 0.29) is 0 Å². The summed E-state index contributed by atoms with van der Waals surface area (Å²) in [5.74, 6) is 0. The van der Waals surface area contributed by atoms with Crippen molar-refractivity contribution in [3.63, 3.8) is 0 Å². The van der Waals surface area contributed by atoms with Gasteiger partial charge in [-0.05, 0) is 12.1 Å². The first kappa shape index (κ1) is 5.47. The van der Waals surface area contributed by atoms with Crippen molar-refractivity contribution in [2.24, 2.45) is 7.05 Å². The number of hydrogen-bond donors (Lipinski definition) is 0. The first-order chi connectivity index (χ1) is 4.88. The van der Waals surface area contributed by atoms with E-state index in [0.717, 1.165) is 10.9 Å². The van der Waals surface area contributed by atoms with Gasteiger partial charge in [0.05, 0.1) is 11.7 Å². The average Bonchev–Trinajstić information content (AvgIpc) is 2.34. The van der Waals surface area contributed by atoms with Crippen LogP contribution in [0, 0.1) is 6.07 Å². The first-order valence-corrected chi connectivity index (χ1v) is 3.16. The van der Waals surface area contributed by atoms with Crippen molar-refractivity contribution in [3.8, 4) is 0 Å². The summed E-state index contributed by atoms with van der Waals surface area (Å²) in [6.45, 7) is 0. The Kier molecular flexibility index (Phi) is 1.01. The molecule has 49 valence electrons. The molecular formula is C8H7N2. The molecule has 2 aromatic rings. The lowest BCUT2D eigenvalue weighted by Crippen LogP contribution is -1.87. The van der Waals surface area contributed by atoms with E-state index in [0.29, 0.717) is 0 Å². The predicted molar refractivity (Wildman–Crippen MR) is 39.6 cm³/mol. The molecule has 0 atom stereocenters. The molecule has 0 saturated carbocycles. The minimum Gasteiger partial charge on any atom is -0.268 e. The zero-order chi connectivity index (χ0) is 6.97. The van der Waals surface area contributed by atoms with E-state index < -0.39 is 0 Å². The predicted octanol–water partition coefficient (Wildman–Crippen LogP) is 1.37. The third-order valence-corrected chi connectivity index (χ3v) is 1.57. The molecule has 1 aromatic heterocycles. The number of benzene rings is 1. The summed E-state index contributed by atoms with van der Waals surface area (Å²) in [5.41, 5.74) is 1.13. The lowest BCUT2D eigenvalue weighted by Gasteiger charge is -1.89. The zero-order valence-corrected chi connectivity index (χ0v) is 5.70. The van der Waals surface area contributed by atoms with Gasteiger partial charge in [-0.25, -0.2) is 0 Å². The molecule has 2 rings (SSSR count). The van der Waals surface area contributed by atoms with Crippen LogP contribution in [0.25, 0.3) is 10.9 Å². The highest BCUT2D eigenvalue weighted by molar-refractivity contribution is 5.77. The first-order valence-electron chi connectivity index (χ1n) is 3.16. The molecule has 1 aromatic carbocycles. The van der Waals surface area contributed by atoms with E-state index in [9.17, 15) is 0 Å². The van der Waals surface area contributed by atoms with Gasteiger partial charge in [-0.2, -0.15) is 5.10 Å². The lowest BCUT2D eigenvalue weighted by molar-refractivity contribution is 0.797. The third kappa shape index (κ3) is 0.620. The van der Waals surface area contributed by atoms with Crippen LogP contribution in [0.2, 0.25) is 0 Å². The molecule has 0 aliphatic carbocycles. The summed E-state index contributed by atoms with van der Waals surface area (Å²) in [6.07, 6.45) is 1.81. The Labute approximate surface area is 59.1 Å². The smallest absolute Gasteiger partial charge is 0.0685 e. The van der Waals surface area contributed by atoms with Gasteiger partial charge in [0.2, 0.25) is 0 Å². The van der Waals surface area contributed by atoms with Crippen LogP contribution in [-0.2, 0) is 7.05 Å². The minimum atomic E-state index is 1.07. The Morgan fingerprint density at radius 1 is 1.60 bits per heavy atom. The maximum Gasteiger partial charge on any atom is 0.0685 e. The second-order valence-electron chi connectivity index (χ2n) is 2.24. The normalized spacial score (nSPS) is 10.5. The molecule has 2 nitrogen and oxygen atoms in total. The van der Waals surface area contributed by atoms with Crippen LogP contribution in [0.15, 0.2) is 24.4 Å². The topological polar surface area (TPSA) is 17.8 Å². The number of hydrogen-bond acceptors (Lipinski definition) is 1. The van der Waals surface area contributed by atoms with E-state index in [1.807, 2.05) is 36.1 Å². The maximum absolute atomic E-state index is 4.08. The highest BCUT2D eigenvalue weighted by Crippen LogP contribution is 2.09. The molecular weight excluding hydrogens is 124 g/mol. The standard InChI is InChI=1S/C8H7N2/c1-10-8-5-3-2-4-7(8)6-9-10/h2-3,5-6H,1H3. The molecule has 0 N–H and O–H groups in total. The molecule has 0 unspecified atom stereocenters. The summed E-state index contributed by atoms with van der Waals surface area (Å²) in [7, 11) is 1.93. The molecule has 0 fully saturated rings. The fraction of sp³-hybridized carbons (Fsp3) is 0.125. The largest absolute Gasteiger partial charge is 0.268 e. The van der Waals surface area contributed by atoms with E-state index >= 15 is 0 Å². The van der Waals surface area contributed by atoms with Gasteiger partial charge in [0.15, 0.2) is 0 Å². The maximum atomic E-state index is 4.08. The SMILES string of the molecule is Cn1ncc2[c]cccc21. The van der Waals surface area contributed by atoms with Gasteiger partial charge < -0.3 is 0 Å². The van der Waals surface area contributed by atoms with Crippen LogP contribution < -0.4 is 0 Å². The average molecular weight is 131 g/mol. The van der Waals surface area contributed by atoms with Gasteiger partial charge in [-0.1, -0.05) is 12.1 Å². The third-order valence-electron chi connectivity index (χ3n) is 1.57. The molecule has 10 heavy (non-hydrogen) atoms. The van der Waals surface area contributed by atoms with Gasteiger partial charge in [0.25, 0.3) is 0 Å². The molecule has 0 saturated heterocycles. The van der Waals surface area contributed by atoms with Crippen molar-refractivity contribution in [1.82, 2.24) is 9.78 Å². The van der Waals surface area contributed by atoms with Crippen molar-refractivity contribution in [2.75, 3.05) is 0 Å². The Morgan fingerprint density at radius 3 is 3.30 bits per heavy atom. The Balaban J connectivity index is 2.93. The second-order valence-corrected chi connectivity index (χ2v) is 2.24. The lowest BCUT2D eigenvalue weighted by atomic mass is 10.3. The molecule has 0 bridgehead atoms. The van der Waals surface area contributed by atoms with Crippen LogP contribution >= 0.6 is 0 Å². The van der Waals surface area contributed by atoms with E-state index in [1.54, 1.807) is 0 Å². The summed E-state index contributed by atoms with van der Waals surface area (Å²) in [6, 6.07) is 8.97. The Hall–Kier alpha value is -1.31. The monoisotopic (exact) mass is 131 g/mol. The van der Waals surface area contributed by atoms with Crippen molar-refractivity contribution >= 4 is 10.9 Å². The van der Waals surface area contributed by atoms with Crippen molar-refractivity contribution < 1.29 is 0 Å². The number of nitrogens with zero attached hydrogens (tertiary/aromatic N) is 2. The van der Waals surface area contributed by atoms with Crippen molar-refractivity contribution in [1.29, 1.82) is 0 Å². The van der Waals surface area contributed by atoms with Gasteiger partial charge in [-0.3, -0.25) is 4.68 Å². The molecule has 1 heterocycles. The van der Waals surface area contributed by atoms with E-state index in [1.165, 1.54) is 0 Å². The number of rotatable bonds is 0. The number of aromatic nitrogens is 2. The summed E-state index contributed by atoms with van der Waals surface area (Å²) < 4.78 is 1.84. The molecule has 0 aliphatic rings. The number of fused-ring (bicyclic) bond motifs is 1. The van der Waals surface area contributed by atoms with Crippen LogP contribution in [0.4, 0.5) is 0 Å². The van der Waals surface area contributed by atoms with Crippen molar-refractivity contribution in [2.45, 2.75) is 0 Å². The summed E-state index contributed by atoms with van der Waals surface area (Å²) in [5, 5.41) is 5.16. The highest BCUT2D eigenvalue weighted by Gasteiger charge is 1.94. The van der Waals surface area contributed by atoms with Gasteiger partial charge >= 0.3 is 0 Å². The van der Waals surface area contributed by atoms with Crippen LogP contribution in [0.5, 0.6) is 0 Å². The second kappa shape index (κ2) is 1.84. The molecule has 1 radical (unpaired) electrons. The Morgan fingerprint density at radius 2 is 2.50 bits per heavy atom. The molecule has 0 aliphatic heterocycles. The van der Waals surface area contributed by atoms with Gasteiger partial charge in [-0.15, -0.1) is 0 Å². The van der Waals surface area contributed by atoms with Crippen LogP contribution in [0.1, 0.15) is 0 Å². The highest BCUT2D eigenvalue weighted by atomic mass is 15.2. The fourth-order valence-electron chi connectivity index (χ4n) is 1.03. The van der Waals surface area contributed by atoms with Gasteiger partial charge in [0, 0.05) is 12.4 Å². The van der Waals surface area contributed by atoms with Crippen molar-refractivity contribution in [3.05, 3.63) is 30.5 Å². The zero-order valence-electron chi connectivity index (χ0n) is 5.70. The quantitative estimate of drug-likeness (QED) is 0.528. The number of aryl methyl sites for hydroxylation is 1. The molecule has 0 amide bonds. The summed E-state index contributed by atoms with van der Waals surface area (Å²) >= 11 is 0. The fourth-order valence-corrected chi connectivity index (χ4v) is 1.03. The van der Waals surface area contributed by atoms with Crippen LogP contribution in [0.3, 0.4) is 0 Å². The molecule has 2 heteroatoms. The van der Waals surface area contributed by atoms with Crippen LogP contribution in [-0.4, -0.2) is 9.78 Å². The van der Waals surface area contributed by atoms with E-state index in [4.69, 9.17) is 0 Å².